The summed E-state index contributed by atoms with van der Waals surface area (Å²) in [6.45, 7) is 5.53. The van der Waals surface area contributed by atoms with Crippen LogP contribution in [0.2, 0.25) is 0 Å². The van der Waals surface area contributed by atoms with E-state index >= 15 is 0 Å². The van der Waals surface area contributed by atoms with Crippen LogP contribution in [-0.2, 0) is 16.0 Å². The quantitative estimate of drug-likeness (QED) is 0.866. The van der Waals surface area contributed by atoms with E-state index < -0.39 is 6.04 Å². The predicted molar refractivity (Wildman–Crippen MR) is 85.6 cm³/mol. The largest absolute Gasteiger partial charge is 0.396 e. The number of carbonyl (C=O) groups is 2. The number of aliphatic hydroxyl groups is 1. The molecule has 1 aliphatic rings. The average Bonchev–Trinajstić information content (AvgIpc) is 2.86. The van der Waals surface area contributed by atoms with Crippen molar-refractivity contribution in [2.45, 2.75) is 45.7 Å². The van der Waals surface area contributed by atoms with Crippen molar-refractivity contribution in [3.05, 3.63) is 29.8 Å². The summed E-state index contributed by atoms with van der Waals surface area (Å²) in [6, 6.07) is 7.02. The van der Waals surface area contributed by atoms with Gasteiger partial charge in [-0.3, -0.25) is 14.5 Å². The first-order chi connectivity index (χ1) is 10.5. The molecular formula is C17H24N2O3. The zero-order valence-corrected chi connectivity index (χ0v) is 13.4. The van der Waals surface area contributed by atoms with Crippen molar-refractivity contribution in [2.75, 3.05) is 11.5 Å². The molecule has 2 rings (SSSR count). The Morgan fingerprint density at radius 2 is 2.05 bits per heavy atom. The second kappa shape index (κ2) is 6.92. The highest BCUT2D eigenvalue weighted by molar-refractivity contribution is 6.02. The Bertz CT molecular complexity index is 557. The predicted octanol–water partition coefficient (Wildman–Crippen LogP) is 1.49. The molecule has 1 unspecified atom stereocenters. The van der Waals surface area contributed by atoms with Crippen LogP contribution in [0.4, 0.5) is 5.69 Å². The van der Waals surface area contributed by atoms with E-state index in [2.05, 4.69) is 5.32 Å². The van der Waals surface area contributed by atoms with Crippen LogP contribution in [0.3, 0.4) is 0 Å². The fraction of sp³-hybridized carbons (Fsp3) is 0.529. The molecule has 22 heavy (non-hydrogen) atoms. The van der Waals surface area contributed by atoms with Crippen LogP contribution in [0.1, 0.15) is 32.8 Å². The minimum Gasteiger partial charge on any atom is -0.396 e. The Morgan fingerprint density at radius 1 is 1.36 bits per heavy atom. The zero-order valence-electron chi connectivity index (χ0n) is 13.4. The molecule has 2 atom stereocenters. The lowest BCUT2D eigenvalue weighted by molar-refractivity contribution is -0.126. The smallest absolute Gasteiger partial charge is 0.243 e. The standard InChI is InChI=1S/C17H24N2O3/c1-11(2)14(8-9-20)18-17(22)16-10-13-6-4-5-7-15(13)19(16)12(3)21/h4-7,11,14,16,20H,8-10H2,1-3H3,(H,18,22)/t14?,16-/m0/s1. The number of rotatable bonds is 5. The number of carbonyl (C=O) groups excluding carboxylic acids is 2. The summed E-state index contributed by atoms with van der Waals surface area (Å²) < 4.78 is 0. The number of fused-ring (bicyclic) bond motifs is 1. The molecule has 1 aromatic carbocycles. The van der Waals surface area contributed by atoms with Crippen LogP contribution in [-0.4, -0.2) is 35.6 Å². The lowest BCUT2D eigenvalue weighted by Crippen LogP contribution is -2.51. The SMILES string of the molecule is CC(=O)N1c2ccccc2C[C@H]1C(=O)NC(CCO)C(C)C. The van der Waals surface area contributed by atoms with E-state index in [0.717, 1.165) is 11.3 Å². The van der Waals surface area contributed by atoms with Crippen LogP contribution in [0, 0.1) is 5.92 Å². The van der Waals surface area contributed by atoms with Crippen molar-refractivity contribution < 1.29 is 14.7 Å². The van der Waals surface area contributed by atoms with E-state index in [1.165, 1.54) is 6.92 Å². The highest BCUT2D eigenvalue weighted by atomic mass is 16.3. The van der Waals surface area contributed by atoms with Gasteiger partial charge in [0.1, 0.15) is 6.04 Å². The van der Waals surface area contributed by atoms with Gasteiger partial charge in [0, 0.05) is 31.7 Å². The van der Waals surface area contributed by atoms with Crippen molar-refractivity contribution in [1.82, 2.24) is 5.32 Å². The molecule has 0 fully saturated rings. The molecule has 1 heterocycles. The zero-order chi connectivity index (χ0) is 16.3. The van der Waals surface area contributed by atoms with Gasteiger partial charge in [-0.2, -0.15) is 0 Å². The highest BCUT2D eigenvalue weighted by Crippen LogP contribution is 2.32. The third-order valence-electron chi connectivity index (χ3n) is 4.19. The summed E-state index contributed by atoms with van der Waals surface area (Å²) in [5, 5.41) is 12.1. The van der Waals surface area contributed by atoms with Gasteiger partial charge in [0.05, 0.1) is 0 Å². The summed E-state index contributed by atoms with van der Waals surface area (Å²) >= 11 is 0. The fourth-order valence-electron chi connectivity index (χ4n) is 2.98. The van der Waals surface area contributed by atoms with Crippen molar-refractivity contribution in [3.63, 3.8) is 0 Å². The Balaban J connectivity index is 2.18. The molecule has 2 amide bonds. The minimum absolute atomic E-state index is 0.0322. The lowest BCUT2D eigenvalue weighted by atomic mass is 10.0. The van der Waals surface area contributed by atoms with Gasteiger partial charge >= 0.3 is 0 Å². The van der Waals surface area contributed by atoms with E-state index in [1.54, 1.807) is 4.90 Å². The molecule has 5 heteroatoms. The summed E-state index contributed by atoms with van der Waals surface area (Å²) in [5.74, 6) is -0.0578. The van der Waals surface area contributed by atoms with Crippen LogP contribution < -0.4 is 10.2 Å². The number of amides is 2. The molecule has 0 bridgehead atoms. The molecule has 5 nitrogen and oxygen atoms in total. The molecule has 1 aromatic rings. The minimum atomic E-state index is -0.505. The maximum absolute atomic E-state index is 12.6. The Labute approximate surface area is 131 Å². The van der Waals surface area contributed by atoms with Gasteiger partial charge in [0.25, 0.3) is 0 Å². The van der Waals surface area contributed by atoms with E-state index in [1.807, 2.05) is 38.1 Å². The second-order valence-electron chi connectivity index (χ2n) is 6.11. The Morgan fingerprint density at radius 3 is 2.64 bits per heavy atom. The van der Waals surface area contributed by atoms with Gasteiger partial charge in [-0.15, -0.1) is 0 Å². The van der Waals surface area contributed by atoms with E-state index in [-0.39, 0.29) is 30.4 Å². The molecule has 0 spiro atoms. The van der Waals surface area contributed by atoms with Gasteiger partial charge in [-0.05, 0) is 24.0 Å². The molecular weight excluding hydrogens is 280 g/mol. The van der Waals surface area contributed by atoms with Crippen LogP contribution >= 0.6 is 0 Å². The summed E-state index contributed by atoms with van der Waals surface area (Å²) in [7, 11) is 0. The first-order valence-corrected chi connectivity index (χ1v) is 7.74. The number of hydrogen-bond donors (Lipinski definition) is 2. The van der Waals surface area contributed by atoms with E-state index in [4.69, 9.17) is 5.11 Å². The molecule has 120 valence electrons. The maximum atomic E-state index is 12.6. The third-order valence-corrected chi connectivity index (χ3v) is 4.19. The summed E-state index contributed by atoms with van der Waals surface area (Å²) in [4.78, 5) is 26.2. The van der Waals surface area contributed by atoms with Crippen molar-refractivity contribution >= 4 is 17.5 Å². The van der Waals surface area contributed by atoms with Gasteiger partial charge in [-0.25, -0.2) is 0 Å². The van der Waals surface area contributed by atoms with Gasteiger partial charge < -0.3 is 10.4 Å². The molecule has 0 saturated heterocycles. The number of hydrogen-bond acceptors (Lipinski definition) is 3. The fourth-order valence-corrected chi connectivity index (χ4v) is 2.98. The third kappa shape index (κ3) is 3.30. The first kappa shape index (κ1) is 16.5. The normalized spacial score (nSPS) is 18.2. The topological polar surface area (TPSA) is 69.6 Å². The first-order valence-electron chi connectivity index (χ1n) is 7.74. The molecule has 0 aliphatic carbocycles. The van der Waals surface area contributed by atoms with Gasteiger partial charge in [0.15, 0.2) is 0 Å². The van der Waals surface area contributed by atoms with Crippen molar-refractivity contribution in [1.29, 1.82) is 0 Å². The number of aliphatic hydroxyl groups excluding tert-OH is 1. The van der Waals surface area contributed by atoms with Gasteiger partial charge in [-0.1, -0.05) is 32.0 Å². The summed E-state index contributed by atoms with van der Waals surface area (Å²) in [6.07, 6.45) is 1.05. The molecule has 0 aromatic heterocycles. The number of nitrogens with one attached hydrogen (secondary N) is 1. The molecule has 2 N–H and O–H groups in total. The van der Waals surface area contributed by atoms with Crippen LogP contribution in [0.5, 0.6) is 0 Å². The number of para-hydroxylation sites is 1. The molecule has 0 radical (unpaired) electrons. The van der Waals surface area contributed by atoms with Crippen LogP contribution in [0.15, 0.2) is 24.3 Å². The van der Waals surface area contributed by atoms with E-state index in [9.17, 15) is 9.59 Å². The number of anilines is 1. The number of nitrogens with zero attached hydrogens (tertiary/aromatic N) is 1. The lowest BCUT2D eigenvalue weighted by Gasteiger charge is -2.27. The van der Waals surface area contributed by atoms with Crippen molar-refractivity contribution in [3.8, 4) is 0 Å². The van der Waals surface area contributed by atoms with Crippen molar-refractivity contribution in [2.24, 2.45) is 5.92 Å². The second-order valence-corrected chi connectivity index (χ2v) is 6.11. The monoisotopic (exact) mass is 304 g/mol. The number of benzene rings is 1. The maximum Gasteiger partial charge on any atom is 0.243 e. The Kier molecular flexibility index (Phi) is 5.19. The molecule has 0 saturated carbocycles. The summed E-state index contributed by atoms with van der Waals surface area (Å²) in [5.41, 5.74) is 1.83. The Hall–Kier alpha value is -1.88. The molecule has 1 aliphatic heterocycles. The average molecular weight is 304 g/mol. The van der Waals surface area contributed by atoms with Gasteiger partial charge in [0.2, 0.25) is 11.8 Å². The van der Waals surface area contributed by atoms with E-state index in [0.29, 0.717) is 12.8 Å². The highest BCUT2D eigenvalue weighted by Gasteiger charge is 2.37. The van der Waals surface area contributed by atoms with Crippen LogP contribution in [0.25, 0.3) is 0 Å².